The second-order valence-electron chi connectivity index (χ2n) is 11.3. The number of fused-ring (bicyclic) bond motifs is 1. The van der Waals surface area contributed by atoms with Crippen molar-refractivity contribution >= 4 is 53.0 Å². The average molecular weight is 613 g/mol. The molecule has 11 heteroatoms. The number of nitrogens with zero attached hydrogens (tertiary/aromatic N) is 2. The average Bonchev–Trinajstić information content (AvgIpc) is 3.74. The fourth-order valence-corrected chi connectivity index (χ4v) is 10.4. The highest BCUT2D eigenvalue weighted by atomic mass is 35.5. The van der Waals surface area contributed by atoms with Crippen LogP contribution in [-0.4, -0.2) is 54.8 Å². The summed E-state index contributed by atoms with van der Waals surface area (Å²) >= 11 is 7.24. The molecule has 0 atom stereocenters. The predicted octanol–water partition coefficient (Wildman–Crippen LogP) is 4.91. The summed E-state index contributed by atoms with van der Waals surface area (Å²) in [5, 5.41) is 5.83. The van der Waals surface area contributed by atoms with E-state index < -0.39 is 19.7 Å². The summed E-state index contributed by atoms with van der Waals surface area (Å²) < 4.78 is 27.7. The summed E-state index contributed by atoms with van der Waals surface area (Å²) in [5.74, 6) is -0.861. The van der Waals surface area contributed by atoms with Gasteiger partial charge in [-0.15, -0.1) is 0 Å². The molecule has 216 valence electrons. The number of pyridine rings is 1. The van der Waals surface area contributed by atoms with Crippen molar-refractivity contribution in [1.82, 2.24) is 20.3 Å². The van der Waals surface area contributed by atoms with Crippen molar-refractivity contribution in [2.24, 2.45) is 0 Å². The third-order valence-electron chi connectivity index (χ3n) is 7.57. The van der Waals surface area contributed by atoms with Crippen molar-refractivity contribution in [3.63, 3.8) is 0 Å². The van der Waals surface area contributed by atoms with Gasteiger partial charge in [-0.3, -0.25) is 4.79 Å². The van der Waals surface area contributed by atoms with Gasteiger partial charge in [-0.2, -0.15) is 4.98 Å². The van der Waals surface area contributed by atoms with Crippen LogP contribution in [0.25, 0.3) is 10.9 Å². The van der Waals surface area contributed by atoms with Gasteiger partial charge in [-0.05, 0) is 34.5 Å². The third-order valence-corrected chi connectivity index (χ3v) is 13.4. The Labute approximate surface area is 249 Å². The molecule has 2 aromatic heterocycles. The van der Waals surface area contributed by atoms with Crippen LogP contribution in [0.2, 0.25) is 10.2 Å². The van der Waals surface area contributed by atoms with Gasteiger partial charge < -0.3 is 19.5 Å². The molecule has 2 heterocycles. The maximum Gasteiger partial charge on any atom is 0.265 e. The first-order chi connectivity index (χ1) is 19.6. The molecule has 0 unspecified atom stereocenters. The van der Waals surface area contributed by atoms with Crippen LogP contribution in [0.1, 0.15) is 33.6 Å². The minimum atomic E-state index is -2.63. The molecule has 7 nitrogen and oxygen atoms in total. The number of hydrogen-bond donors (Lipinski definition) is 2. The van der Waals surface area contributed by atoms with Crippen LogP contribution >= 0.6 is 23.4 Å². The van der Waals surface area contributed by atoms with Crippen LogP contribution in [0, 0.1) is 5.82 Å². The van der Waals surface area contributed by atoms with E-state index in [0.29, 0.717) is 13.2 Å². The number of aromatic amines is 1. The monoisotopic (exact) mass is 612 g/mol. The molecule has 1 fully saturated rings. The fourth-order valence-electron chi connectivity index (χ4n) is 5.31. The molecule has 0 saturated heterocycles. The molecular formula is C30H34ClFN4O3SSi. The highest BCUT2D eigenvalue weighted by Gasteiger charge is 2.50. The van der Waals surface area contributed by atoms with Crippen molar-refractivity contribution in [3.8, 4) is 5.88 Å². The second-order valence-corrected chi connectivity index (χ2v) is 16.8. The highest BCUT2D eigenvalue weighted by Crippen LogP contribution is 2.38. The molecule has 0 radical (unpaired) electrons. The molecule has 2 aromatic carbocycles. The number of nitrogens with one attached hydrogen (secondary N) is 2. The van der Waals surface area contributed by atoms with Crippen LogP contribution in [0.3, 0.4) is 0 Å². The molecule has 0 aliphatic heterocycles. The fraction of sp³-hybridized carbons (Fsp3) is 0.367. The number of hydrogen-bond acceptors (Lipinski definition) is 7. The van der Waals surface area contributed by atoms with E-state index in [2.05, 4.69) is 89.6 Å². The van der Waals surface area contributed by atoms with Crippen molar-refractivity contribution in [2.75, 3.05) is 26.0 Å². The van der Waals surface area contributed by atoms with Gasteiger partial charge in [0.25, 0.3) is 13.9 Å². The Morgan fingerprint density at radius 1 is 1.07 bits per heavy atom. The lowest BCUT2D eigenvalue weighted by Gasteiger charge is -2.43. The second kappa shape index (κ2) is 11.8. The minimum Gasteiger partial charge on any atom is -0.475 e. The molecule has 1 saturated carbocycles. The van der Waals surface area contributed by atoms with E-state index >= 15 is 0 Å². The lowest BCUT2D eigenvalue weighted by Crippen LogP contribution is -2.67. The Balaban J connectivity index is 1.31. The van der Waals surface area contributed by atoms with Crippen LogP contribution in [0.4, 0.5) is 4.39 Å². The molecule has 41 heavy (non-hydrogen) atoms. The number of benzene rings is 2. The summed E-state index contributed by atoms with van der Waals surface area (Å²) in [7, 11) is -2.63. The lowest BCUT2D eigenvalue weighted by atomic mass is 10.2. The Morgan fingerprint density at radius 3 is 2.22 bits per heavy atom. The summed E-state index contributed by atoms with van der Waals surface area (Å²) in [6.07, 6.45) is 3.52. The van der Waals surface area contributed by atoms with E-state index in [9.17, 15) is 9.18 Å². The lowest BCUT2D eigenvalue weighted by molar-refractivity contribution is 0.229. The maximum atomic E-state index is 14.7. The first-order valence-electron chi connectivity index (χ1n) is 13.6. The van der Waals surface area contributed by atoms with Crippen molar-refractivity contribution in [1.29, 1.82) is 0 Å². The quantitative estimate of drug-likeness (QED) is 0.0818. The molecule has 1 aliphatic carbocycles. The van der Waals surface area contributed by atoms with Crippen molar-refractivity contribution < 1.29 is 13.6 Å². The smallest absolute Gasteiger partial charge is 0.265 e. The van der Waals surface area contributed by atoms with Crippen LogP contribution < -0.4 is 26.0 Å². The SMILES string of the molecule is CSc1nc2c(F)c(Cl)nc(OCC3(NCCO[Si](c4ccccc4)(c4ccccc4)C(C)(C)C)CC3)c2c(=O)[nH]1. The normalized spacial score (nSPS) is 14.8. The molecule has 0 spiro atoms. The predicted molar refractivity (Wildman–Crippen MR) is 166 cm³/mol. The van der Waals surface area contributed by atoms with E-state index in [4.69, 9.17) is 20.8 Å². The summed E-state index contributed by atoms with van der Waals surface area (Å²) in [6.45, 7) is 8.15. The third kappa shape index (κ3) is 5.94. The van der Waals surface area contributed by atoms with E-state index in [0.717, 1.165) is 12.8 Å². The molecule has 2 N–H and O–H groups in total. The van der Waals surface area contributed by atoms with E-state index in [1.807, 2.05) is 12.1 Å². The van der Waals surface area contributed by atoms with Gasteiger partial charge in [0.05, 0.1) is 5.54 Å². The zero-order valence-corrected chi connectivity index (χ0v) is 26.2. The number of halogens is 2. The molecular weight excluding hydrogens is 579 g/mol. The van der Waals surface area contributed by atoms with Gasteiger partial charge in [0, 0.05) is 13.2 Å². The van der Waals surface area contributed by atoms with Gasteiger partial charge in [0.15, 0.2) is 16.1 Å². The number of aromatic nitrogens is 3. The number of rotatable bonds is 11. The highest BCUT2D eigenvalue weighted by molar-refractivity contribution is 7.98. The largest absolute Gasteiger partial charge is 0.475 e. The Morgan fingerprint density at radius 2 is 1.68 bits per heavy atom. The topological polar surface area (TPSA) is 89.1 Å². The summed E-state index contributed by atoms with van der Waals surface area (Å²) in [4.78, 5) is 23.6. The van der Waals surface area contributed by atoms with Gasteiger partial charge in [-0.1, -0.05) is 105 Å². The summed E-state index contributed by atoms with van der Waals surface area (Å²) in [5.41, 5.74) is -0.957. The van der Waals surface area contributed by atoms with Gasteiger partial charge in [0.1, 0.15) is 17.5 Å². The Hall–Kier alpha value is -2.76. The van der Waals surface area contributed by atoms with Gasteiger partial charge in [-0.25, -0.2) is 9.37 Å². The zero-order chi connectivity index (χ0) is 29.3. The molecule has 5 rings (SSSR count). The molecule has 0 bridgehead atoms. The number of thioether (sulfide) groups is 1. The van der Waals surface area contributed by atoms with E-state index in [1.165, 1.54) is 22.1 Å². The zero-order valence-electron chi connectivity index (χ0n) is 23.6. The van der Waals surface area contributed by atoms with Crippen LogP contribution in [-0.2, 0) is 4.43 Å². The van der Waals surface area contributed by atoms with Crippen LogP contribution in [0.15, 0.2) is 70.6 Å². The van der Waals surface area contributed by atoms with Crippen molar-refractivity contribution in [2.45, 2.75) is 49.3 Å². The minimum absolute atomic E-state index is 0.0237. The van der Waals surface area contributed by atoms with E-state index in [1.54, 1.807) is 6.26 Å². The first kappa shape index (κ1) is 29.7. The first-order valence-corrected chi connectivity index (χ1v) is 17.1. The molecule has 0 amide bonds. The summed E-state index contributed by atoms with van der Waals surface area (Å²) in [6, 6.07) is 21.1. The number of H-pyrrole nitrogens is 1. The van der Waals surface area contributed by atoms with Gasteiger partial charge in [0.2, 0.25) is 5.88 Å². The maximum absolute atomic E-state index is 14.7. The Kier molecular flexibility index (Phi) is 8.59. The number of ether oxygens (including phenoxy) is 1. The standard InChI is InChI=1S/C30H34ClFN4O3SSi/c1-29(2,3)41(20-11-7-5-8-12-20,21-13-9-6-10-14-21)39-18-17-33-30(15-16-30)19-38-27-22-24(23(32)25(31)35-27)34-28(40-4)36-26(22)37/h5-14,33H,15-19H2,1-4H3,(H,34,36,37). The molecule has 1 aliphatic rings. The molecule has 4 aromatic rings. The van der Waals surface area contributed by atoms with E-state index in [-0.39, 0.29) is 44.3 Å². The van der Waals surface area contributed by atoms with Gasteiger partial charge >= 0.3 is 0 Å². The Bertz CT molecular complexity index is 1540. The van der Waals surface area contributed by atoms with Crippen molar-refractivity contribution in [3.05, 3.63) is 82.0 Å². The van der Waals surface area contributed by atoms with Crippen LogP contribution in [0.5, 0.6) is 5.88 Å².